The second-order valence-corrected chi connectivity index (χ2v) is 9.35. The number of anilines is 1. The molecule has 0 radical (unpaired) electrons. The maximum atomic E-state index is 13.3. The van der Waals surface area contributed by atoms with Crippen LogP contribution in [0.25, 0.3) is 10.9 Å². The average molecular weight is 439 g/mol. The van der Waals surface area contributed by atoms with Crippen LogP contribution < -0.4 is 14.8 Å². The first-order valence-electron chi connectivity index (χ1n) is 10.1. The second kappa shape index (κ2) is 7.82. The zero-order valence-corrected chi connectivity index (χ0v) is 17.5. The van der Waals surface area contributed by atoms with E-state index in [2.05, 4.69) is 10.3 Å². The van der Waals surface area contributed by atoms with E-state index in [0.29, 0.717) is 43.4 Å². The number of sulfonamides is 1. The molecule has 0 spiro atoms. The molecule has 1 aromatic heterocycles. The van der Waals surface area contributed by atoms with E-state index in [9.17, 15) is 13.2 Å². The lowest BCUT2D eigenvalue weighted by Gasteiger charge is -2.24. The fourth-order valence-electron chi connectivity index (χ4n) is 3.95. The van der Waals surface area contributed by atoms with Gasteiger partial charge in [-0.1, -0.05) is 18.2 Å². The van der Waals surface area contributed by atoms with Crippen LogP contribution in [0.2, 0.25) is 0 Å². The standard InChI is InChI=1S/C22H21N3O5S/c26-22(24-21-10-7-15-4-1-2-5-17(15)23-21)18-6-3-11-25(18)31(27,28)16-8-9-19-20(14-16)30-13-12-29-19/h1-2,4-5,7-10,14,18H,3,6,11-13H2,(H,23,24,26)/t18-/m0/s1. The summed E-state index contributed by atoms with van der Waals surface area (Å²) >= 11 is 0. The zero-order valence-electron chi connectivity index (χ0n) is 16.7. The van der Waals surface area contributed by atoms with Crippen LogP contribution in [0.4, 0.5) is 5.82 Å². The molecule has 0 bridgehead atoms. The van der Waals surface area contributed by atoms with Gasteiger partial charge < -0.3 is 14.8 Å². The third-order valence-corrected chi connectivity index (χ3v) is 7.38. The van der Waals surface area contributed by atoms with Gasteiger partial charge in [0, 0.05) is 18.0 Å². The normalized spacial score (nSPS) is 18.8. The Balaban J connectivity index is 1.38. The summed E-state index contributed by atoms with van der Waals surface area (Å²) in [6.45, 7) is 1.07. The molecular weight excluding hydrogens is 418 g/mol. The Kier molecular flexibility index (Phi) is 4.99. The first-order chi connectivity index (χ1) is 15.0. The van der Waals surface area contributed by atoms with Crippen molar-refractivity contribution in [2.24, 2.45) is 0 Å². The van der Waals surface area contributed by atoms with Crippen molar-refractivity contribution in [3.8, 4) is 11.5 Å². The Morgan fingerprint density at radius 1 is 1.03 bits per heavy atom. The minimum atomic E-state index is -3.88. The van der Waals surface area contributed by atoms with Crippen molar-refractivity contribution in [3.05, 3.63) is 54.6 Å². The highest BCUT2D eigenvalue weighted by molar-refractivity contribution is 7.89. The van der Waals surface area contributed by atoms with Gasteiger partial charge in [-0.05, 0) is 43.2 Å². The van der Waals surface area contributed by atoms with Gasteiger partial charge in [-0.2, -0.15) is 4.31 Å². The molecule has 9 heteroatoms. The van der Waals surface area contributed by atoms with Gasteiger partial charge in [-0.3, -0.25) is 4.79 Å². The molecule has 2 aliphatic rings. The number of hydrogen-bond acceptors (Lipinski definition) is 6. The first-order valence-corrected chi connectivity index (χ1v) is 11.5. The number of carbonyl (C=O) groups excluding carboxylic acids is 1. The molecule has 1 saturated heterocycles. The Morgan fingerprint density at radius 3 is 2.71 bits per heavy atom. The Labute approximate surface area is 179 Å². The van der Waals surface area contributed by atoms with Gasteiger partial charge in [0.25, 0.3) is 0 Å². The molecule has 3 aromatic rings. The highest BCUT2D eigenvalue weighted by Crippen LogP contribution is 2.35. The van der Waals surface area contributed by atoms with Gasteiger partial charge in [0.05, 0.1) is 10.4 Å². The number of rotatable bonds is 4. The summed E-state index contributed by atoms with van der Waals surface area (Å²) in [5.41, 5.74) is 0.757. The summed E-state index contributed by atoms with van der Waals surface area (Å²) in [6, 6.07) is 14.9. The molecule has 0 saturated carbocycles. The lowest BCUT2D eigenvalue weighted by atomic mass is 10.2. The monoisotopic (exact) mass is 439 g/mol. The van der Waals surface area contributed by atoms with E-state index in [1.807, 2.05) is 30.3 Å². The third kappa shape index (κ3) is 3.70. The molecule has 2 aliphatic heterocycles. The Hall–Kier alpha value is -3.17. The zero-order chi connectivity index (χ0) is 21.4. The molecule has 31 heavy (non-hydrogen) atoms. The van der Waals surface area contributed by atoms with Crippen molar-refractivity contribution in [2.75, 3.05) is 25.1 Å². The van der Waals surface area contributed by atoms with E-state index < -0.39 is 16.1 Å². The first kappa shape index (κ1) is 19.8. The fourth-order valence-corrected chi connectivity index (χ4v) is 5.63. The number of para-hydroxylation sites is 1. The molecule has 8 nitrogen and oxygen atoms in total. The summed E-state index contributed by atoms with van der Waals surface area (Å²) in [5.74, 6) is 0.921. The van der Waals surface area contributed by atoms with Crippen molar-refractivity contribution in [2.45, 2.75) is 23.8 Å². The van der Waals surface area contributed by atoms with Crippen molar-refractivity contribution >= 4 is 32.7 Å². The van der Waals surface area contributed by atoms with Gasteiger partial charge in [-0.25, -0.2) is 13.4 Å². The number of carbonyl (C=O) groups is 1. The highest BCUT2D eigenvalue weighted by Gasteiger charge is 2.40. The SMILES string of the molecule is O=C(Nc1ccc2ccccc2n1)[C@@H]1CCCN1S(=O)(=O)c1ccc2c(c1)OCCO2. The molecule has 1 atom stereocenters. The second-order valence-electron chi connectivity index (χ2n) is 7.46. The molecule has 1 fully saturated rings. The summed E-state index contributed by atoms with van der Waals surface area (Å²) in [6.07, 6.45) is 1.05. The van der Waals surface area contributed by atoms with Crippen molar-refractivity contribution in [1.29, 1.82) is 0 Å². The molecule has 3 heterocycles. The third-order valence-electron chi connectivity index (χ3n) is 5.48. The molecule has 0 aliphatic carbocycles. The lowest BCUT2D eigenvalue weighted by Crippen LogP contribution is -2.43. The van der Waals surface area contributed by atoms with Crippen molar-refractivity contribution in [1.82, 2.24) is 9.29 Å². The maximum Gasteiger partial charge on any atom is 0.243 e. The maximum absolute atomic E-state index is 13.3. The van der Waals surface area contributed by atoms with Crippen molar-refractivity contribution in [3.63, 3.8) is 0 Å². The highest BCUT2D eigenvalue weighted by atomic mass is 32.2. The molecular formula is C22H21N3O5S. The van der Waals surface area contributed by atoms with Crippen LogP contribution in [-0.2, 0) is 14.8 Å². The molecule has 1 amide bonds. The van der Waals surface area contributed by atoms with Crippen molar-refractivity contribution < 1.29 is 22.7 Å². The molecule has 5 rings (SSSR count). The molecule has 160 valence electrons. The predicted octanol–water partition coefficient (Wildman–Crippen LogP) is 2.80. The minimum Gasteiger partial charge on any atom is -0.486 e. The molecule has 2 aromatic carbocycles. The van der Waals surface area contributed by atoms with Crippen LogP contribution in [0.3, 0.4) is 0 Å². The van der Waals surface area contributed by atoms with E-state index in [4.69, 9.17) is 9.47 Å². The minimum absolute atomic E-state index is 0.0836. The van der Waals surface area contributed by atoms with E-state index >= 15 is 0 Å². The van der Waals surface area contributed by atoms with E-state index in [-0.39, 0.29) is 17.3 Å². The average Bonchev–Trinajstić information content (AvgIpc) is 3.30. The van der Waals surface area contributed by atoms with Gasteiger partial charge in [0.2, 0.25) is 15.9 Å². The van der Waals surface area contributed by atoms with Crippen LogP contribution in [-0.4, -0.2) is 49.4 Å². The predicted molar refractivity (Wildman–Crippen MR) is 115 cm³/mol. The van der Waals surface area contributed by atoms with Crippen LogP contribution in [0.1, 0.15) is 12.8 Å². The molecule has 0 unspecified atom stereocenters. The summed E-state index contributed by atoms with van der Waals surface area (Å²) in [7, 11) is -3.88. The van der Waals surface area contributed by atoms with E-state index in [0.717, 1.165) is 10.9 Å². The number of hydrogen-bond donors (Lipinski definition) is 1. The Bertz CT molecular complexity index is 1260. The lowest BCUT2D eigenvalue weighted by molar-refractivity contribution is -0.119. The number of pyridine rings is 1. The van der Waals surface area contributed by atoms with Crippen LogP contribution in [0.5, 0.6) is 11.5 Å². The smallest absolute Gasteiger partial charge is 0.243 e. The van der Waals surface area contributed by atoms with Crippen LogP contribution >= 0.6 is 0 Å². The largest absolute Gasteiger partial charge is 0.486 e. The van der Waals surface area contributed by atoms with E-state index in [1.165, 1.54) is 16.4 Å². The van der Waals surface area contributed by atoms with Crippen LogP contribution in [0.15, 0.2) is 59.5 Å². The fraction of sp³-hybridized carbons (Fsp3) is 0.273. The quantitative estimate of drug-likeness (QED) is 0.671. The molecule has 1 N–H and O–H groups in total. The number of nitrogens with zero attached hydrogens (tertiary/aromatic N) is 2. The van der Waals surface area contributed by atoms with Gasteiger partial charge in [-0.15, -0.1) is 0 Å². The number of amides is 1. The van der Waals surface area contributed by atoms with E-state index in [1.54, 1.807) is 12.1 Å². The van der Waals surface area contributed by atoms with Gasteiger partial charge in [0.1, 0.15) is 25.1 Å². The van der Waals surface area contributed by atoms with Crippen LogP contribution in [0, 0.1) is 0 Å². The number of nitrogens with one attached hydrogen (secondary N) is 1. The Morgan fingerprint density at radius 2 is 1.84 bits per heavy atom. The summed E-state index contributed by atoms with van der Waals surface area (Å²) < 4.78 is 38.8. The number of ether oxygens (including phenoxy) is 2. The summed E-state index contributed by atoms with van der Waals surface area (Å²) in [4.78, 5) is 17.5. The number of benzene rings is 2. The topological polar surface area (TPSA) is 97.8 Å². The number of fused-ring (bicyclic) bond motifs is 2. The number of aromatic nitrogens is 1. The van der Waals surface area contributed by atoms with Gasteiger partial charge in [0.15, 0.2) is 11.5 Å². The van der Waals surface area contributed by atoms with Gasteiger partial charge >= 0.3 is 0 Å². The summed E-state index contributed by atoms with van der Waals surface area (Å²) in [5, 5.41) is 3.74.